The van der Waals surface area contributed by atoms with Crippen LogP contribution in [0.5, 0.6) is 5.75 Å². The lowest BCUT2D eigenvalue weighted by atomic mass is 9.99. The zero-order valence-corrected chi connectivity index (χ0v) is 35.5. The maximum atomic E-state index is 13.8. The molecule has 1 aromatic rings. The van der Waals surface area contributed by atoms with Gasteiger partial charge in [0, 0.05) is 13.0 Å². The summed E-state index contributed by atoms with van der Waals surface area (Å²) in [5.41, 5.74) is 17.4. The van der Waals surface area contributed by atoms with Crippen LogP contribution in [0.3, 0.4) is 0 Å². The number of phenolic OH excluding ortho intramolecular Hbond substituents is 1. The summed E-state index contributed by atoms with van der Waals surface area (Å²) in [4.78, 5) is 107. The molecule has 0 bridgehead atoms. The predicted octanol–water partition coefficient (Wildman–Crippen LogP) is -2.33. The third kappa shape index (κ3) is 20.2. The SMILES string of the molecule is CC(C)CC(NC(=O)[C@@H](CCC(=O)O)NC(=O)[C@H](NC(=O)[C@H](NC(=O)[C@@H](CCc1ccc(O)cc1)NC(=O)[C@H](N)CCCN=C(N)N)C(C)O)C(C)C)C(=O)N[C@H](C)C(=O)O. The molecule has 0 radical (unpaired) electrons. The van der Waals surface area contributed by atoms with E-state index in [1.54, 1.807) is 39.8 Å². The highest BCUT2D eigenvalue weighted by atomic mass is 16.4. The fourth-order valence-electron chi connectivity index (χ4n) is 5.76. The maximum absolute atomic E-state index is 13.8. The number of rotatable bonds is 27. The van der Waals surface area contributed by atoms with Crippen molar-refractivity contribution in [1.29, 1.82) is 0 Å². The third-order valence-electron chi connectivity index (χ3n) is 9.25. The van der Waals surface area contributed by atoms with Gasteiger partial charge in [0.25, 0.3) is 0 Å². The van der Waals surface area contributed by atoms with Gasteiger partial charge in [0.05, 0.1) is 12.1 Å². The van der Waals surface area contributed by atoms with E-state index in [1.807, 2.05) is 0 Å². The lowest BCUT2D eigenvalue weighted by molar-refractivity contribution is -0.142. The Hall–Kier alpha value is -6.03. The van der Waals surface area contributed by atoms with E-state index in [0.29, 0.717) is 12.0 Å². The Morgan fingerprint density at radius 3 is 1.69 bits per heavy atom. The van der Waals surface area contributed by atoms with Crippen LogP contribution in [0.25, 0.3) is 0 Å². The topological polar surface area (TPSA) is 380 Å². The standard InChI is InChI=1S/C39H64N10O12/c1-19(2)18-28(35(57)44-21(5)38(60)61)47-33(55)27(15-16-29(52)53)46-36(58)30(20(3)4)48-37(59)31(22(6)50)49-34(56)26(14-11-23-9-12-24(51)13-10-23)45-32(54)25(40)8-7-17-43-39(41)42/h9-10,12-13,19-22,25-28,30-31,50-51H,7-8,11,14-18,40H2,1-6H3,(H,44,57)(H,45,54)(H,46,58)(H,47,55)(H,48,59)(H,49,56)(H,52,53)(H,60,61)(H4,41,42,43)/t21-,22?,25-,26-,27-,28?,30-,31-/m1/s1. The number of nitrogens with one attached hydrogen (secondary N) is 6. The van der Waals surface area contributed by atoms with E-state index in [4.69, 9.17) is 17.2 Å². The fraction of sp³-hybridized carbons (Fsp3) is 0.615. The molecule has 8 atom stereocenters. The van der Waals surface area contributed by atoms with E-state index in [0.717, 1.165) is 0 Å². The Labute approximate surface area is 354 Å². The van der Waals surface area contributed by atoms with Crippen molar-refractivity contribution >= 4 is 53.3 Å². The highest BCUT2D eigenvalue weighted by Crippen LogP contribution is 2.14. The van der Waals surface area contributed by atoms with E-state index >= 15 is 0 Å². The number of aliphatic carboxylic acids is 2. The normalized spacial score (nSPS) is 15.0. The minimum Gasteiger partial charge on any atom is -0.508 e. The average molecular weight is 865 g/mol. The molecular weight excluding hydrogens is 800 g/mol. The minimum absolute atomic E-state index is 0.00763. The van der Waals surface area contributed by atoms with Crippen LogP contribution < -0.4 is 49.1 Å². The highest BCUT2D eigenvalue weighted by Gasteiger charge is 2.36. The lowest BCUT2D eigenvalue weighted by Crippen LogP contribution is -2.62. The Kier molecular flexibility index (Phi) is 22.8. The molecule has 0 saturated heterocycles. The molecular formula is C39H64N10O12. The van der Waals surface area contributed by atoms with E-state index in [9.17, 15) is 58.8 Å². The van der Waals surface area contributed by atoms with Crippen molar-refractivity contribution in [2.24, 2.45) is 34.0 Å². The van der Waals surface area contributed by atoms with Gasteiger partial charge in [-0.25, -0.2) is 0 Å². The second-order valence-corrected chi connectivity index (χ2v) is 15.5. The first-order valence-electron chi connectivity index (χ1n) is 20.0. The first-order valence-corrected chi connectivity index (χ1v) is 20.0. The molecule has 0 fully saturated rings. The predicted molar refractivity (Wildman–Crippen MR) is 222 cm³/mol. The number of carbonyl (C=O) groups is 8. The van der Waals surface area contributed by atoms with Gasteiger partial charge in [0.1, 0.15) is 42.0 Å². The van der Waals surface area contributed by atoms with Crippen molar-refractivity contribution < 1.29 is 58.8 Å². The number of carboxylic acids is 2. The summed E-state index contributed by atoms with van der Waals surface area (Å²) < 4.78 is 0. The van der Waals surface area contributed by atoms with Gasteiger partial charge in [-0.2, -0.15) is 0 Å². The largest absolute Gasteiger partial charge is 0.508 e. The van der Waals surface area contributed by atoms with Crippen LogP contribution in [-0.4, -0.2) is 129 Å². The zero-order valence-electron chi connectivity index (χ0n) is 35.5. The van der Waals surface area contributed by atoms with Gasteiger partial charge < -0.3 is 69.5 Å². The summed E-state index contributed by atoms with van der Waals surface area (Å²) in [6, 6.07) is -3.42. The van der Waals surface area contributed by atoms with Gasteiger partial charge in [0.2, 0.25) is 35.4 Å². The summed E-state index contributed by atoms with van der Waals surface area (Å²) >= 11 is 0. The van der Waals surface area contributed by atoms with Crippen LogP contribution in [0.1, 0.15) is 85.6 Å². The summed E-state index contributed by atoms with van der Waals surface area (Å²) in [5, 5.41) is 53.6. The van der Waals surface area contributed by atoms with Gasteiger partial charge in [-0.1, -0.05) is 39.8 Å². The number of hydrogen-bond donors (Lipinski definition) is 13. The number of carboxylic acid groups (broad SMARTS) is 2. The third-order valence-corrected chi connectivity index (χ3v) is 9.25. The summed E-state index contributed by atoms with van der Waals surface area (Å²) in [7, 11) is 0. The molecule has 6 amide bonds. The maximum Gasteiger partial charge on any atom is 0.325 e. The van der Waals surface area contributed by atoms with E-state index in [1.165, 1.54) is 26.0 Å². The van der Waals surface area contributed by atoms with Crippen LogP contribution in [0.2, 0.25) is 0 Å². The number of benzene rings is 1. The molecule has 0 spiro atoms. The molecule has 0 aliphatic carbocycles. The number of phenols is 1. The molecule has 1 rings (SSSR count). The molecule has 0 aliphatic rings. The Morgan fingerprint density at radius 1 is 0.656 bits per heavy atom. The van der Waals surface area contributed by atoms with Gasteiger partial charge in [-0.05, 0) is 81.9 Å². The number of hydrogen-bond acceptors (Lipinski definition) is 12. The molecule has 342 valence electrons. The Balaban J connectivity index is 3.30. The van der Waals surface area contributed by atoms with E-state index in [2.05, 4.69) is 36.9 Å². The smallest absolute Gasteiger partial charge is 0.325 e. The van der Waals surface area contributed by atoms with Crippen LogP contribution in [0.4, 0.5) is 0 Å². The first kappa shape index (κ1) is 53.0. The fourth-order valence-corrected chi connectivity index (χ4v) is 5.76. The van der Waals surface area contributed by atoms with Crippen molar-refractivity contribution in [3.63, 3.8) is 0 Å². The van der Waals surface area contributed by atoms with Crippen molar-refractivity contribution in [1.82, 2.24) is 31.9 Å². The highest BCUT2D eigenvalue weighted by molar-refractivity contribution is 5.97. The number of guanidine groups is 1. The number of aryl methyl sites for hydroxylation is 1. The van der Waals surface area contributed by atoms with Gasteiger partial charge in [-0.3, -0.25) is 43.3 Å². The molecule has 1 aromatic carbocycles. The van der Waals surface area contributed by atoms with Gasteiger partial charge in [-0.15, -0.1) is 0 Å². The number of nitrogens with two attached hydrogens (primary N) is 3. The monoisotopic (exact) mass is 864 g/mol. The van der Waals surface area contributed by atoms with Gasteiger partial charge in [0.15, 0.2) is 5.96 Å². The van der Waals surface area contributed by atoms with Gasteiger partial charge >= 0.3 is 11.9 Å². The number of carbonyl (C=O) groups excluding carboxylic acids is 6. The first-order chi connectivity index (χ1) is 28.4. The lowest BCUT2D eigenvalue weighted by Gasteiger charge is -2.29. The van der Waals surface area contributed by atoms with Crippen molar-refractivity contribution in [2.75, 3.05) is 6.54 Å². The van der Waals surface area contributed by atoms with Crippen molar-refractivity contribution in [2.45, 2.75) is 135 Å². The zero-order chi connectivity index (χ0) is 46.6. The molecule has 16 N–H and O–H groups in total. The van der Waals surface area contributed by atoms with Crippen molar-refractivity contribution in [3.8, 4) is 5.75 Å². The summed E-state index contributed by atoms with van der Waals surface area (Å²) in [6.45, 7) is 9.24. The van der Waals surface area contributed by atoms with Crippen LogP contribution in [0, 0.1) is 11.8 Å². The van der Waals surface area contributed by atoms with E-state index in [-0.39, 0.29) is 49.9 Å². The van der Waals surface area contributed by atoms with E-state index < -0.39 is 115 Å². The number of aliphatic imine (C=N–C) groups is 1. The van der Waals surface area contributed by atoms with Crippen LogP contribution in [0.15, 0.2) is 29.3 Å². The number of aliphatic hydroxyl groups is 1. The second-order valence-electron chi connectivity index (χ2n) is 15.5. The molecule has 61 heavy (non-hydrogen) atoms. The molecule has 0 saturated carbocycles. The molecule has 0 aromatic heterocycles. The average Bonchev–Trinajstić information content (AvgIpc) is 3.16. The number of aromatic hydroxyl groups is 1. The molecule has 2 unspecified atom stereocenters. The minimum atomic E-state index is -1.68. The Morgan fingerprint density at radius 2 is 1.16 bits per heavy atom. The number of nitrogens with zero attached hydrogens (tertiary/aromatic N) is 1. The number of amides is 6. The molecule has 22 heteroatoms. The molecule has 0 aliphatic heterocycles. The quantitative estimate of drug-likeness (QED) is 0.0251. The summed E-state index contributed by atoms with van der Waals surface area (Å²) in [5.74, 6) is -8.89. The Bertz CT molecular complexity index is 1680. The summed E-state index contributed by atoms with van der Waals surface area (Å²) in [6.07, 6.45) is -1.78. The second kappa shape index (κ2) is 26.2. The van der Waals surface area contributed by atoms with Crippen molar-refractivity contribution in [3.05, 3.63) is 29.8 Å². The number of aliphatic hydroxyl groups excluding tert-OH is 1. The molecule has 0 heterocycles. The molecule has 22 nitrogen and oxygen atoms in total. The van der Waals surface area contributed by atoms with Crippen LogP contribution >= 0.6 is 0 Å². The van der Waals surface area contributed by atoms with Crippen LogP contribution in [-0.2, 0) is 44.8 Å².